The molecule has 0 amide bonds. The molecule has 0 radical (unpaired) electrons. The van der Waals surface area contributed by atoms with Crippen molar-refractivity contribution in [2.45, 2.75) is 50.8 Å². The highest BCUT2D eigenvalue weighted by molar-refractivity contribution is 7.84. The predicted octanol–water partition coefficient (Wildman–Crippen LogP) is 8.30. The van der Waals surface area contributed by atoms with Crippen LogP contribution in [0.1, 0.15) is 62.9 Å². The largest absolute Gasteiger partial charge is 0.456 e. The highest BCUT2D eigenvalue weighted by Crippen LogP contribution is 2.52. The molecule has 0 unspecified atom stereocenters. The van der Waals surface area contributed by atoms with Crippen LogP contribution >= 0.6 is 7.92 Å². The number of benzene rings is 5. The second kappa shape index (κ2) is 12.2. The molecule has 0 saturated carbocycles. The van der Waals surface area contributed by atoms with Crippen molar-refractivity contribution >= 4 is 34.8 Å². The summed E-state index contributed by atoms with van der Waals surface area (Å²) in [5.41, 5.74) is 2.52. The maximum atomic E-state index is 14.6. The van der Waals surface area contributed by atoms with Gasteiger partial charge in [0.15, 0.2) is 0 Å². The highest BCUT2D eigenvalue weighted by atomic mass is 32.2. The molecule has 0 aromatic heterocycles. The van der Waals surface area contributed by atoms with Crippen LogP contribution < -0.4 is 25.4 Å². The molecule has 3 nitrogen and oxygen atoms in total. The van der Waals surface area contributed by atoms with E-state index in [0.717, 1.165) is 28.2 Å². The summed E-state index contributed by atoms with van der Waals surface area (Å²) in [5, 5.41) is 3.47. The van der Waals surface area contributed by atoms with Crippen LogP contribution in [0.25, 0.3) is 0 Å². The molecule has 230 valence electrons. The Morgan fingerprint density at radius 3 is 1.82 bits per heavy atom. The van der Waals surface area contributed by atoms with Crippen LogP contribution in [0.3, 0.4) is 0 Å². The number of fused-ring (bicyclic) bond motifs is 2. The summed E-state index contributed by atoms with van der Waals surface area (Å²) in [6.07, 6.45) is 0. The Morgan fingerprint density at radius 1 is 0.733 bits per heavy atom. The van der Waals surface area contributed by atoms with Crippen molar-refractivity contribution in [3.63, 3.8) is 0 Å². The van der Waals surface area contributed by atoms with Gasteiger partial charge in [0.1, 0.15) is 23.1 Å². The Balaban J connectivity index is 1.56. The molecule has 1 N–H and O–H groups in total. The molecule has 0 fully saturated rings. The molecule has 5 aromatic carbocycles. The number of para-hydroxylation sites is 2. The Kier molecular flexibility index (Phi) is 8.51. The number of rotatable bonds is 7. The summed E-state index contributed by atoms with van der Waals surface area (Å²) in [6, 6.07) is 35.7. The van der Waals surface area contributed by atoms with E-state index in [1.165, 1.54) is 22.7 Å². The first-order valence-corrected chi connectivity index (χ1v) is 17.4. The summed E-state index contributed by atoms with van der Waals surface area (Å²) < 4.78 is 52.4. The maximum Gasteiger partial charge on any atom is 0.139 e. The fourth-order valence-electron chi connectivity index (χ4n) is 5.85. The lowest BCUT2D eigenvalue weighted by atomic mass is 9.74. The normalized spacial score (nSPS) is 15.1. The lowest BCUT2D eigenvalue weighted by Gasteiger charge is -2.38. The first kappa shape index (κ1) is 31.3. The van der Waals surface area contributed by atoms with Crippen molar-refractivity contribution in [2.75, 3.05) is 0 Å². The average molecular weight is 640 g/mol. The van der Waals surface area contributed by atoms with E-state index in [1.54, 1.807) is 0 Å². The molecule has 0 spiro atoms. The zero-order chi connectivity index (χ0) is 31.9. The second-order valence-electron chi connectivity index (χ2n) is 12.7. The molecule has 0 aliphatic carbocycles. The average Bonchev–Trinajstić information content (AvgIpc) is 3.00. The van der Waals surface area contributed by atoms with Crippen LogP contribution in [0.5, 0.6) is 11.5 Å². The molecule has 45 heavy (non-hydrogen) atoms. The molecule has 0 saturated heterocycles. The molecule has 5 aromatic rings. The van der Waals surface area contributed by atoms with E-state index in [-0.39, 0.29) is 0 Å². The van der Waals surface area contributed by atoms with Crippen molar-refractivity contribution in [3.8, 4) is 11.5 Å². The van der Waals surface area contributed by atoms with Gasteiger partial charge in [-0.2, -0.15) is 0 Å². The van der Waals surface area contributed by atoms with Gasteiger partial charge in [-0.25, -0.2) is 17.7 Å². The molecule has 6 rings (SSSR count). The topological polar surface area (TPSA) is 38.3 Å². The Morgan fingerprint density at radius 2 is 1.27 bits per heavy atom. The Bertz CT molecular complexity index is 1810. The minimum Gasteiger partial charge on any atom is -0.456 e. The number of halogens is 2. The van der Waals surface area contributed by atoms with E-state index < -0.39 is 46.7 Å². The fourth-order valence-corrected chi connectivity index (χ4v) is 9.08. The van der Waals surface area contributed by atoms with Gasteiger partial charge in [-0.05, 0) is 57.0 Å². The van der Waals surface area contributed by atoms with Crippen LogP contribution in [-0.2, 0) is 16.4 Å². The van der Waals surface area contributed by atoms with Crippen molar-refractivity contribution in [1.82, 2.24) is 4.72 Å². The Hall–Kier alpha value is -3.70. The van der Waals surface area contributed by atoms with E-state index >= 15 is 0 Å². The van der Waals surface area contributed by atoms with Gasteiger partial charge in [0, 0.05) is 33.5 Å². The van der Waals surface area contributed by atoms with E-state index in [2.05, 4.69) is 85.3 Å². The number of ether oxygens (including phenoxy) is 1. The summed E-state index contributed by atoms with van der Waals surface area (Å²) in [5.74, 6) is -0.0178. The SMILES string of the molecule is CC1(C)c2cccc([C@@H](N[S@@](=O)C(C)(C)C)c3cc(F)cc(F)c3)c2Oc2c(P(c3ccccc3)c3ccccc3)cccc21. The second-order valence-corrected chi connectivity index (χ2v) is 16.9. The maximum absolute atomic E-state index is 14.6. The van der Waals surface area contributed by atoms with E-state index in [4.69, 9.17) is 4.74 Å². The minimum absolute atomic E-state index is 0.329. The summed E-state index contributed by atoms with van der Waals surface area (Å²) in [7, 11) is -2.54. The molecule has 1 aliphatic heterocycles. The molecule has 7 heteroatoms. The summed E-state index contributed by atoms with van der Waals surface area (Å²) in [6.45, 7) is 9.92. The number of hydrogen-bond donors (Lipinski definition) is 1. The van der Waals surface area contributed by atoms with Crippen LogP contribution in [-0.4, -0.2) is 8.96 Å². The van der Waals surface area contributed by atoms with Crippen LogP contribution in [0, 0.1) is 11.6 Å². The number of nitrogens with one attached hydrogen (secondary N) is 1. The zero-order valence-electron chi connectivity index (χ0n) is 26.0. The lowest BCUT2D eigenvalue weighted by Crippen LogP contribution is -2.37. The molecule has 1 heterocycles. The third-order valence-electron chi connectivity index (χ3n) is 8.17. The number of hydrogen-bond acceptors (Lipinski definition) is 2. The van der Waals surface area contributed by atoms with Crippen LogP contribution in [0.2, 0.25) is 0 Å². The molecular formula is C38H36F2NO2PS. The van der Waals surface area contributed by atoms with Crippen LogP contribution in [0.4, 0.5) is 8.78 Å². The quantitative estimate of drug-likeness (QED) is 0.182. The van der Waals surface area contributed by atoms with Crippen molar-refractivity contribution in [3.05, 3.63) is 149 Å². The molecule has 1 aliphatic rings. The Labute approximate surface area is 268 Å². The highest BCUT2D eigenvalue weighted by Gasteiger charge is 2.39. The van der Waals surface area contributed by atoms with Gasteiger partial charge in [-0.3, -0.25) is 0 Å². The smallest absolute Gasteiger partial charge is 0.139 e. The van der Waals surface area contributed by atoms with Gasteiger partial charge >= 0.3 is 0 Å². The van der Waals surface area contributed by atoms with Crippen molar-refractivity contribution < 1.29 is 17.7 Å². The molecule has 2 atom stereocenters. The molecule has 0 bridgehead atoms. The van der Waals surface area contributed by atoms with Crippen molar-refractivity contribution in [2.24, 2.45) is 0 Å². The zero-order valence-corrected chi connectivity index (χ0v) is 27.7. The summed E-state index contributed by atoms with van der Waals surface area (Å²) >= 11 is 0. The summed E-state index contributed by atoms with van der Waals surface area (Å²) in [4.78, 5) is 0. The van der Waals surface area contributed by atoms with Gasteiger partial charge in [0.2, 0.25) is 0 Å². The van der Waals surface area contributed by atoms with Crippen molar-refractivity contribution in [1.29, 1.82) is 0 Å². The van der Waals surface area contributed by atoms with E-state index in [0.29, 0.717) is 16.9 Å². The first-order valence-electron chi connectivity index (χ1n) is 14.9. The van der Waals surface area contributed by atoms with Gasteiger partial charge in [0.25, 0.3) is 0 Å². The van der Waals surface area contributed by atoms with Gasteiger partial charge in [-0.15, -0.1) is 0 Å². The van der Waals surface area contributed by atoms with E-state index in [9.17, 15) is 13.0 Å². The third-order valence-corrected chi connectivity index (χ3v) is 12.2. The van der Waals surface area contributed by atoms with Gasteiger partial charge in [0.05, 0.1) is 21.8 Å². The first-order chi connectivity index (χ1) is 21.4. The standard InChI is InChI=1S/C38H36F2NO2PS/c1-37(2,3)45(42)41-34(25-22-26(39)24-27(40)23-25)30-18-12-19-31-35(30)43-36-32(38(31,4)5)20-13-21-33(36)44(28-14-8-6-9-15-28)29-16-10-7-11-17-29/h6-24,34,41H,1-5H3/t34-,45-/m0/s1. The fraction of sp³-hybridized carbons (Fsp3) is 0.211. The van der Waals surface area contributed by atoms with Gasteiger partial charge < -0.3 is 4.74 Å². The van der Waals surface area contributed by atoms with Crippen LogP contribution in [0.15, 0.2) is 115 Å². The monoisotopic (exact) mass is 639 g/mol. The van der Waals surface area contributed by atoms with E-state index in [1.807, 2.05) is 51.1 Å². The third kappa shape index (κ3) is 6.12. The minimum atomic E-state index is -1.56. The van der Waals surface area contributed by atoms with Gasteiger partial charge in [-0.1, -0.05) is 111 Å². The lowest BCUT2D eigenvalue weighted by molar-refractivity contribution is 0.413. The predicted molar refractivity (Wildman–Crippen MR) is 183 cm³/mol. The molecular weight excluding hydrogens is 603 g/mol.